The van der Waals surface area contributed by atoms with Gasteiger partial charge in [0.05, 0.1) is 12.8 Å². The molecule has 0 aliphatic heterocycles. The van der Waals surface area contributed by atoms with Crippen LogP contribution in [0.4, 0.5) is 0 Å². The molecule has 1 N–H and O–H groups in total. The molecule has 6 heteroatoms. The van der Waals surface area contributed by atoms with Gasteiger partial charge in [-0.2, -0.15) is 5.10 Å². The molecule has 0 aliphatic carbocycles. The molecule has 0 fully saturated rings. The summed E-state index contributed by atoms with van der Waals surface area (Å²) in [7, 11) is 0. The maximum atomic E-state index is 12.1. The molecule has 0 unspecified atom stereocenters. The number of hydrogen-bond acceptors (Lipinski definition) is 5. The van der Waals surface area contributed by atoms with Gasteiger partial charge in [0, 0.05) is 5.56 Å². The van der Waals surface area contributed by atoms with Gasteiger partial charge in [-0.05, 0) is 43.2 Å². The molecule has 0 heterocycles. The summed E-state index contributed by atoms with van der Waals surface area (Å²) >= 11 is 0. The van der Waals surface area contributed by atoms with E-state index in [-0.39, 0.29) is 12.5 Å². The van der Waals surface area contributed by atoms with E-state index in [0.29, 0.717) is 17.9 Å². The number of hydrazone groups is 1. The van der Waals surface area contributed by atoms with Crippen LogP contribution >= 0.6 is 0 Å². The first-order chi connectivity index (χ1) is 12.1. The van der Waals surface area contributed by atoms with Crippen molar-refractivity contribution in [3.63, 3.8) is 0 Å². The molecule has 0 bridgehead atoms. The Kier molecular flexibility index (Phi) is 6.71. The second-order valence-electron chi connectivity index (χ2n) is 5.18. The lowest BCUT2D eigenvalue weighted by Crippen LogP contribution is -2.18. The highest BCUT2D eigenvalue weighted by Crippen LogP contribution is 2.12. The number of ether oxygens (including phenoxy) is 2. The first-order valence-corrected chi connectivity index (χ1v) is 7.87. The van der Waals surface area contributed by atoms with E-state index in [1.165, 1.54) is 6.21 Å². The molecule has 2 aromatic rings. The molecule has 0 aromatic heterocycles. The minimum Gasteiger partial charge on any atom is -0.482 e. The summed E-state index contributed by atoms with van der Waals surface area (Å²) in [4.78, 5) is 23.4. The second-order valence-corrected chi connectivity index (χ2v) is 5.18. The number of nitrogens with one attached hydrogen (secondary N) is 1. The lowest BCUT2D eigenvalue weighted by Gasteiger charge is -2.06. The lowest BCUT2D eigenvalue weighted by molar-refractivity contribution is -0.145. The van der Waals surface area contributed by atoms with E-state index in [2.05, 4.69) is 10.5 Å². The number of carbonyl (C=O) groups excluding carboxylic acids is 2. The van der Waals surface area contributed by atoms with Crippen molar-refractivity contribution in [1.82, 2.24) is 5.43 Å². The highest BCUT2D eigenvalue weighted by molar-refractivity contribution is 5.96. The van der Waals surface area contributed by atoms with Crippen LogP contribution in [0.25, 0.3) is 0 Å². The highest BCUT2D eigenvalue weighted by Gasteiger charge is 2.06. The minimum absolute atomic E-state index is 0.154. The van der Waals surface area contributed by atoms with Gasteiger partial charge in [-0.3, -0.25) is 4.79 Å². The number of nitrogens with zero attached hydrogens (tertiary/aromatic N) is 1. The average Bonchev–Trinajstić information content (AvgIpc) is 2.61. The fourth-order valence-electron chi connectivity index (χ4n) is 2.08. The van der Waals surface area contributed by atoms with Gasteiger partial charge in [-0.15, -0.1) is 0 Å². The molecule has 0 spiro atoms. The van der Waals surface area contributed by atoms with Crippen LogP contribution in [0, 0.1) is 6.92 Å². The zero-order valence-corrected chi connectivity index (χ0v) is 14.2. The van der Waals surface area contributed by atoms with Crippen LogP contribution in [0.2, 0.25) is 0 Å². The summed E-state index contributed by atoms with van der Waals surface area (Å²) in [6.07, 6.45) is 1.51. The van der Waals surface area contributed by atoms with Crippen molar-refractivity contribution in [3.8, 4) is 5.75 Å². The third-order valence-electron chi connectivity index (χ3n) is 3.29. The van der Waals surface area contributed by atoms with Gasteiger partial charge in [-0.25, -0.2) is 10.2 Å². The van der Waals surface area contributed by atoms with Gasteiger partial charge in [0.2, 0.25) is 0 Å². The quantitative estimate of drug-likeness (QED) is 0.478. The number of amides is 1. The van der Waals surface area contributed by atoms with E-state index in [9.17, 15) is 9.59 Å². The Bertz CT molecular complexity index is 772. The highest BCUT2D eigenvalue weighted by atomic mass is 16.6. The Morgan fingerprint density at radius 3 is 2.72 bits per heavy atom. The summed E-state index contributed by atoms with van der Waals surface area (Å²) < 4.78 is 10.1. The van der Waals surface area contributed by atoms with Crippen LogP contribution in [-0.2, 0) is 9.53 Å². The summed E-state index contributed by atoms with van der Waals surface area (Å²) in [6, 6.07) is 14.3. The van der Waals surface area contributed by atoms with E-state index in [1.807, 2.05) is 19.1 Å². The van der Waals surface area contributed by atoms with Crippen LogP contribution in [0.1, 0.15) is 28.4 Å². The molecule has 6 nitrogen and oxygen atoms in total. The lowest BCUT2D eigenvalue weighted by atomic mass is 10.1. The van der Waals surface area contributed by atoms with Crippen molar-refractivity contribution >= 4 is 18.1 Å². The molecule has 130 valence electrons. The van der Waals surface area contributed by atoms with Crippen molar-refractivity contribution in [2.75, 3.05) is 13.2 Å². The average molecular weight is 340 g/mol. The zero-order valence-electron chi connectivity index (χ0n) is 14.2. The van der Waals surface area contributed by atoms with Crippen molar-refractivity contribution in [3.05, 3.63) is 65.2 Å². The van der Waals surface area contributed by atoms with Gasteiger partial charge in [0.1, 0.15) is 5.75 Å². The summed E-state index contributed by atoms with van der Waals surface area (Å²) in [5.74, 6) is -0.182. The second kappa shape index (κ2) is 9.22. The first-order valence-electron chi connectivity index (χ1n) is 7.87. The standard InChI is InChI=1S/C19H20N2O4/c1-3-24-18(22)13-25-16-9-6-8-15(11-16)12-20-21-19(23)17-10-5-4-7-14(17)2/h4-12H,3,13H2,1-2H3,(H,21,23)/b20-12-. The van der Waals surface area contributed by atoms with Crippen molar-refractivity contribution in [2.45, 2.75) is 13.8 Å². The van der Waals surface area contributed by atoms with Crippen LogP contribution in [0.5, 0.6) is 5.75 Å². The zero-order chi connectivity index (χ0) is 18.1. The van der Waals surface area contributed by atoms with E-state index in [4.69, 9.17) is 9.47 Å². The molecule has 2 aromatic carbocycles. The van der Waals surface area contributed by atoms with E-state index < -0.39 is 5.97 Å². The monoisotopic (exact) mass is 340 g/mol. The molecule has 1 amide bonds. The number of aryl methyl sites for hydroxylation is 1. The first kappa shape index (κ1) is 18.2. The van der Waals surface area contributed by atoms with Crippen LogP contribution in [-0.4, -0.2) is 31.3 Å². The molecular formula is C19H20N2O4. The number of rotatable bonds is 7. The van der Waals surface area contributed by atoms with Crippen molar-refractivity contribution in [1.29, 1.82) is 0 Å². The Hall–Kier alpha value is -3.15. The van der Waals surface area contributed by atoms with Crippen molar-refractivity contribution in [2.24, 2.45) is 5.10 Å². The minimum atomic E-state index is -0.424. The molecule has 25 heavy (non-hydrogen) atoms. The van der Waals surface area contributed by atoms with E-state index >= 15 is 0 Å². The third-order valence-corrected chi connectivity index (χ3v) is 3.29. The third kappa shape index (κ3) is 5.76. The topological polar surface area (TPSA) is 77.0 Å². The fourth-order valence-corrected chi connectivity index (χ4v) is 2.08. The Balaban J connectivity index is 1.93. The normalized spacial score (nSPS) is 10.5. The predicted molar refractivity (Wildman–Crippen MR) is 94.8 cm³/mol. The Morgan fingerprint density at radius 2 is 1.96 bits per heavy atom. The molecule has 0 saturated carbocycles. The smallest absolute Gasteiger partial charge is 0.344 e. The van der Waals surface area contributed by atoms with E-state index in [0.717, 1.165) is 11.1 Å². The van der Waals surface area contributed by atoms with Crippen LogP contribution < -0.4 is 10.2 Å². The number of benzene rings is 2. The summed E-state index contributed by atoms with van der Waals surface area (Å²) in [6.45, 7) is 3.76. The van der Waals surface area contributed by atoms with Gasteiger partial charge in [0.25, 0.3) is 5.91 Å². The number of carbonyl (C=O) groups is 2. The van der Waals surface area contributed by atoms with Crippen LogP contribution in [0.15, 0.2) is 53.6 Å². The van der Waals surface area contributed by atoms with Crippen LogP contribution in [0.3, 0.4) is 0 Å². The SMILES string of the molecule is CCOC(=O)COc1cccc(/C=N\NC(=O)c2ccccc2C)c1. The maximum Gasteiger partial charge on any atom is 0.344 e. The van der Waals surface area contributed by atoms with Gasteiger partial charge in [0.15, 0.2) is 6.61 Å². The van der Waals surface area contributed by atoms with Gasteiger partial charge >= 0.3 is 5.97 Å². The Labute approximate surface area is 146 Å². The number of hydrogen-bond donors (Lipinski definition) is 1. The molecule has 0 aliphatic rings. The summed E-state index contributed by atoms with van der Waals surface area (Å²) in [5.41, 5.74) is 4.67. The molecule has 2 rings (SSSR count). The maximum absolute atomic E-state index is 12.1. The fraction of sp³-hybridized carbons (Fsp3) is 0.211. The van der Waals surface area contributed by atoms with Gasteiger partial charge in [-0.1, -0.05) is 30.3 Å². The number of esters is 1. The molecule has 0 radical (unpaired) electrons. The predicted octanol–water partition coefficient (Wildman–Crippen LogP) is 2.70. The van der Waals surface area contributed by atoms with E-state index in [1.54, 1.807) is 43.3 Å². The largest absolute Gasteiger partial charge is 0.482 e. The molecular weight excluding hydrogens is 320 g/mol. The molecule has 0 atom stereocenters. The summed E-state index contributed by atoms with van der Waals surface area (Å²) in [5, 5.41) is 3.95. The molecule has 0 saturated heterocycles. The Morgan fingerprint density at radius 1 is 1.16 bits per heavy atom. The van der Waals surface area contributed by atoms with Crippen molar-refractivity contribution < 1.29 is 19.1 Å². The van der Waals surface area contributed by atoms with Gasteiger partial charge < -0.3 is 9.47 Å².